The second-order valence-corrected chi connectivity index (χ2v) is 7.06. The smallest absolute Gasteiger partial charge is 0.260 e. The fourth-order valence-corrected chi connectivity index (χ4v) is 3.46. The molecule has 4 aromatic rings. The minimum absolute atomic E-state index is 0.0336. The lowest BCUT2D eigenvalue weighted by Crippen LogP contribution is -2.18. The Bertz CT molecular complexity index is 1360. The van der Waals surface area contributed by atoms with E-state index in [0.717, 1.165) is 18.2 Å². The summed E-state index contributed by atoms with van der Waals surface area (Å²) in [5, 5.41) is 1.06. The van der Waals surface area contributed by atoms with Crippen LogP contribution in [0.15, 0.2) is 77.6 Å². The summed E-state index contributed by atoms with van der Waals surface area (Å²) in [6.45, 7) is 0. The number of ketones is 1. The van der Waals surface area contributed by atoms with Gasteiger partial charge in [-0.1, -0.05) is 41.9 Å². The molecule has 3 aromatic carbocycles. The molecule has 1 heterocycles. The largest absolute Gasteiger partial charge is 0.321 e. The Kier molecular flexibility index (Phi) is 5.29. The fraction of sp³-hybridized carbons (Fsp3) is 0. The van der Waals surface area contributed by atoms with Crippen molar-refractivity contribution in [1.82, 2.24) is 4.98 Å². The molecule has 0 spiro atoms. The first-order valence-electron chi connectivity index (χ1n) is 9.02. The molecule has 0 aliphatic rings. The molecule has 0 aliphatic carbocycles. The van der Waals surface area contributed by atoms with Gasteiger partial charge in [0.25, 0.3) is 5.56 Å². The molecule has 0 amide bonds. The van der Waals surface area contributed by atoms with Gasteiger partial charge in [0.2, 0.25) is 0 Å². The van der Waals surface area contributed by atoms with Gasteiger partial charge in [0.1, 0.15) is 11.6 Å². The monoisotopic (exact) mass is 421 g/mol. The number of H-pyrrole nitrogens is 1. The van der Waals surface area contributed by atoms with E-state index in [4.69, 9.17) is 11.6 Å². The molecule has 148 valence electrons. The Morgan fingerprint density at radius 1 is 0.967 bits per heavy atom. The zero-order chi connectivity index (χ0) is 21.3. The first kappa shape index (κ1) is 19.7. The molecular weight excluding hydrogens is 408 g/mol. The van der Waals surface area contributed by atoms with Gasteiger partial charge in [0.05, 0.1) is 5.56 Å². The molecule has 0 aliphatic heterocycles. The number of rotatable bonds is 4. The van der Waals surface area contributed by atoms with Crippen molar-refractivity contribution in [2.24, 2.45) is 0 Å². The Labute approximate surface area is 175 Å². The summed E-state index contributed by atoms with van der Waals surface area (Å²) >= 11 is 6.16. The Morgan fingerprint density at radius 3 is 2.47 bits per heavy atom. The van der Waals surface area contributed by atoms with Gasteiger partial charge < -0.3 is 4.98 Å². The van der Waals surface area contributed by atoms with Crippen molar-refractivity contribution in [2.45, 2.75) is 0 Å². The first-order chi connectivity index (χ1) is 14.4. The van der Waals surface area contributed by atoms with E-state index in [9.17, 15) is 18.4 Å². The van der Waals surface area contributed by atoms with Gasteiger partial charge in [-0.15, -0.1) is 0 Å². The van der Waals surface area contributed by atoms with E-state index in [2.05, 4.69) is 4.98 Å². The maximum atomic E-state index is 13.9. The maximum Gasteiger partial charge on any atom is 0.260 e. The summed E-state index contributed by atoms with van der Waals surface area (Å²) in [6, 6.07) is 17.0. The third-order valence-corrected chi connectivity index (χ3v) is 4.90. The van der Waals surface area contributed by atoms with Crippen LogP contribution in [0, 0.1) is 11.6 Å². The van der Waals surface area contributed by atoms with E-state index in [0.29, 0.717) is 27.1 Å². The summed E-state index contributed by atoms with van der Waals surface area (Å²) in [5.41, 5.74) is 1.01. The summed E-state index contributed by atoms with van der Waals surface area (Å²) in [5.74, 6) is -2.13. The van der Waals surface area contributed by atoms with E-state index >= 15 is 0 Å². The van der Waals surface area contributed by atoms with Crippen molar-refractivity contribution < 1.29 is 13.6 Å². The highest BCUT2D eigenvalue weighted by atomic mass is 35.5. The molecule has 1 N–H and O–H groups in total. The summed E-state index contributed by atoms with van der Waals surface area (Å²) in [7, 11) is 0. The van der Waals surface area contributed by atoms with E-state index in [1.165, 1.54) is 12.1 Å². The highest BCUT2D eigenvalue weighted by Crippen LogP contribution is 2.31. The van der Waals surface area contributed by atoms with Crippen molar-refractivity contribution in [3.8, 4) is 11.1 Å². The first-order valence-corrected chi connectivity index (χ1v) is 9.40. The Morgan fingerprint density at radius 2 is 1.73 bits per heavy atom. The SMILES string of the molecule is O=C(/C=C/c1ccc(F)cc1F)c1c(-c2ccccc2)c2cc(Cl)ccc2[nH]c1=O. The zero-order valence-corrected chi connectivity index (χ0v) is 16.2. The number of pyridine rings is 1. The number of hydrogen-bond acceptors (Lipinski definition) is 2. The van der Waals surface area contributed by atoms with Crippen LogP contribution in [-0.4, -0.2) is 10.8 Å². The summed E-state index contributed by atoms with van der Waals surface area (Å²) in [4.78, 5) is 28.5. The number of benzene rings is 3. The molecule has 0 radical (unpaired) electrons. The van der Waals surface area contributed by atoms with Gasteiger partial charge >= 0.3 is 0 Å². The highest BCUT2D eigenvalue weighted by molar-refractivity contribution is 6.31. The molecule has 30 heavy (non-hydrogen) atoms. The van der Waals surface area contributed by atoms with Crippen LogP contribution in [0.3, 0.4) is 0 Å². The van der Waals surface area contributed by atoms with Crippen molar-refractivity contribution >= 4 is 34.4 Å². The molecule has 1 aromatic heterocycles. The number of carbonyl (C=O) groups is 1. The van der Waals surface area contributed by atoms with Gasteiger partial charge in [-0.2, -0.15) is 0 Å². The number of hydrogen-bond donors (Lipinski definition) is 1. The topological polar surface area (TPSA) is 49.9 Å². The van der Waals surface area contributed by atoms with Gasteiger partial charge in [0.15, 0.2) is 5.78 Å². The van der Waals surface area contributed by atoms with Gasteiger partial charge in [-0.3, -0.25) is 9.59 Å². The number of aromatic amines is 1. The molecule has 0 saturated carbocycles. The van der Waals surface area contributed by atoms with Crippen molar-refractivity contribution in [1.29, 1.82) is 0 Å². The molecule has 0 bridgehead atoms. The average molecular weight is 422 g/mol. The highest BCUT2D eigenvalue weighted by Gasteiger charge is 2.19. The zero-order valence-electron chi connectivity index (χ0n) is 15.5. The van der Waals surface area contributed by atoms with Crippen LogP contribution >= 0.6 is 11.6 Å². The van der Waals surface area contributed by atoms with Crippen molar-refractivity contribution in [3.63, 3.8) is 0 Å². The van der Waals surface area contributed by atoms with Crippen LogP contribution in [0.5, 0.6) is 0 Å². The molecule has 0 saturated heterocycles. The van der Waals surface area contributed by atoms with Crippen LogP contribution in [0.4, 0.5) is 8.78 Å². The maximum absolute atomic E-state index is 13.9. The summed E-state index contributed by atoms with van der Waals surface area (Å²) in [6.07, 6.45) is 2.32. The van der Waals surface area contributed by atoms with E-state index < -0.39 is 23.0 Å². The van der Waals surface area contributed by atoms with E-state index in [-0.39, 0.29) is 11.1 Å². The lowest BCUT2D eigenvalue weighted by molar-refractivity contribution is 0.104. The van der Waals surface area contributed by atoms with E-state index in [1.807, 2.05) is 6.07 Å². The van der Waals surface area contributed by atoms with Crippen molar-refractivity contribution in [2.75, 3.05) is 0 Å². The predicted octanol–water partition coefficient (Wildman–Crippen LogP) is 6.02. The number of fused-ring (bicyclic) bond motifs is 1. The molecule has 3 nitrogen and oxygen atoms in total. The quantitative estimate of drug-likeness (QED) is 0.323. The van der Waals surface area contributed by atoms with Crippen LogP contribution in [0.2, 0.25) is 5.02 Å². The number of carbonyl (C=O) groups excluding carboxylic acids is 1. The van der Waals surface area contributed by atoms with Crippen LogP contribution in [0.25, 0.3) is 28.1 Å². The Balaban J connectivity index is 1.91. The van der Waals surface area contributed by atoms with Gasteiger partial charge in [-0.25, -0.2) is 8.78 Å². The number of halogens is 3. The number of nitrogens with one attached hydrogen (secondary N) is 1. The van der Waals surface area contributed by atoms with Crippen LogP contribution < -0.4 is 5.56 Å². The summed E-state index contributed by atoms with van der Waals surface area (Å²) < 4.78 is 27.0. The molecular formula is C24H14ClF2NO2. The van der Waals surface area contributed by atoms with E-state index in [1.54, 1.807) is 42.5 Å². The third-order valence-electron chi connectivity index (χ3n) is 4.66. The average Bonchev–Trinajstić information content (AvgIpc) is 2.73. The second-order valence-electron chi connectivity index (χ2n) is 6.62. The second kappa shape index (κ2) is 8.05. The van der Waals surface area contributed by atoms with Gasteiger partial charge in [0, 0.05) is 33.1 Å². The molecule has 4 rings (SSSR count). The minimum Gasteiger partial charge on any atom is -0.321 e. The van der Waals surface area contributed by atoms with Crippen LogP contribution in [0.1, 0.15) is 15.9 Å². The lowest BCUT2D eigenvalue weighted by Gasteiger charge is -2.11. The molecule has 0 fully saturated rings. The lowest BCUT2D eigenvalue weighted by atomic mass is 9.94. The number of allylic oxidation sites excluding steroid dienone is 1. The number of aromatic nitrogens is 1. The fourth-order valence-electron chi connectivity index (χ4n) is 3.29. The molecule has 0 atom stereocenters. The Hall–Kier alpha value is -3.57. The molecule has 0 unspecified atom stereocenters. The van der Waals surface area contributed by atoms with Gasteiger partial charge in [-0.05, 0) is 48.0 Å². The third kappa shape index (κ3) is 3.80. The minimum atomic E-state index is -0.804. The predicted molar refractivity (Wildman–Crippen MR) is 115 cm³/mol. The standard InChI is InChI=1S/C24H14ClF2NO2/c25-16-8-10-20-18(12-16)22(15-4-2-1-3-5-15)23(24(30)28-20)21(29)11-7-14-6-9-17(26)13-19(14)27/h1-13H,(H,28,30)/b11-7+. The van der Waals surface area contributed by atoms with Crippen LogP contribution in [-0.2, 0) is 0 Å². The van der Waals surface area contributed by atoms with Crippen molar-refractivity contribution in [3.05, 3.63) is 111 Å². The normalized spacial score (nSPS) is 11.3. The molecule has 6 heteroatoms.